The molecule has 0 rings (SSSR count). The number of aliphatic hydroxyl groups excluding tert-OH is 1. The van der Waals surface area contributed by atoms with Crippen molar-refractivity contribution in [3.05, 3.63) is 0 Å². The van der Waals surface area contributed by atoms with E-state index < -0.39 is 12.0 Å². The van der Waals surface area contributed by atoms with Gasteiger partial charge in [0.2, 0.25) is 5.91 Å². The van der Waals surface area contributed by atoms with E-state index in [1.54, 1.807) is 0 Å². The second kappa shape index (κ2) is 2.99. The van der Waals surface area contributed by atoms with Gasteiger partial charge in [-0.15, -0.1) is 0 Å². The summed E-state index contributed by atoms with van der Waals surface area (Å²) >= 11 is 0. The monoisotopic (exact) mass is 114 g/mol. The fraction of sp³-hybridized carbons (Fsp3) is 0.500. The van der Waals surface area contributed by atoms with Gasteiger partial charge in [0, 0.05) is 0 Å². The molecule has 1 amide bonds. The number of hydrogen-bond donors (Lipinski definition) is 2. The molecule has 44 valence electrons. The highest BCUT2D eigenvalue weighted by Crippen LogP contribution is 1.84. The number of nitriles is 1. The smallest absolute Gasteiger partial charge is 0.221 e. The minimum absolute atomic E-state index is 0.281. The Morgan fingerprint density at radius 2 is 2.50 bits per heavy atom. The minimum Gasteiger partial charge on any atom is -0.378 e. The third-order valence-corrected chi connectivity index (χ3v) is 0.544. The summed E-state index contributed by atoms with van der Waals surface area (Å²) in [5, 5.41) is 16.2. The van der Waals surface area contributed by atoms with Crippen LogP contribution >= 0.6 is 0 Å². The largest absolute Gasteiger partial charge is 0.378 e. The van der Waals surface area contributed by atoms with Gasteiger partial charge in [-0.3, -0.25) is 4.79 Å². The van der Waals surface area contributed by atoms with E-state index >= 15 is 0 Å². The van der Waals surface area contributed by atoms with Gasteiger partial charge in [0.1, 0.15) is 6.10 Å². The summed E-state index contributed by atoms with van der Waals surface area (Å²) in [6.07, 6.45) is -1.52. The van der Waals surface area contributed by atoms with Crippen LogP contribution in [0.15, 0.2) is 0 Å². The topological polar surface area (TPSA) is 87.1 Å². The molecule has 1 atom stereocenters. The SMILES string of the molecule is N#CC(O)CC(N)=O. The van der Waals surface area contributed by atoms with Gasteiger partial charge in [-0.1, -0.05) is 0 Å². The molecule has 0 aromatic carbocycles. The van der Waals surface area contributed by atoms with E-state index in [-0.39, 0.29) is 6.42 Å². The molecule has 1 unspecified atom stereocenters. The predicted octanol–water partition coefficient (Wildman–Crippen LogP) is -1.25. The number of primary amides is 1. The van der Waals surface area contributed by atoms with Gasteiger partial charge < -0.3 is 10.8 Å². The molecule has 0 saturated heterocycles. The Balaban J connectivity index is 3.43. The van der Waals surface area contributed by atoms with Crippen LogP contribution in [0, 0.1) is 11.3 Å². The second-order valence-electron chi connectivity index (χ2n) is 1.32. The molecule has 4 heteroatoms. The normalized spacial score (nSPS) is 12.0. The molecule has 8 heavy (non-hydrogen) atoms. The molecule has 0 aliphatic rings. The Hall–Kier alpha value is -1.08. The lowest BCUT2D eigenvalue weighted by Crippen LogP contribution is -2.18. The molecule has 0 bridgehead atoms. The maximum absolute atomic E-state index is 9.88. The summed E-state index contributed by atoms with van der Waals surface area (Å²) in [5.74, 6) is -0.668. The van der Waals surface area contributed by atoms with Gasteiger partial charge in [-0.2, -0.15) is 5.26 Å². The molecule has 0 fully saturated rings. The van der Waals surface area contributed by atoms with Crippen LogP contribution in [0.3, 0.4) is 0 Å². The number of nitrogens with two attached hydrogens (primary N) is 1. The first-order valence-electron chi connectivity index (χ1n) is 2.03. The quantitative estimate of drug-likeness (QED) is 0.439. The molecular weight excluding hydrogens is 108 g/mol. The van der Waals surface area contributed by atoms with E-state index in [4.69, 9.17) is 10.4 Å². The van der Waals surface area contributed by atoms with Crippen LogP contribution in [-0.4, -0.2) is 17.1 Å². The highest BCUT2D eigenvalue weighted by atomic mass is 16.3. The molecule has 0 aromatic rings. The molecule has 0 saturated carbocycles. The zero-order valence-electron chi connectivity index (χ0n) is 4.16. The number of carbonyl (C=O) groups is 1. The average molecular weight is 114 g/mol. The van der Waals surface area contributed by atoms with Gasteiger partial charge in [0.25, 0.3) is 0 Å². The zero-order valence-corrected chi connectivity index (χ0v) is 4.16. The Labute approximate surface area is 46.5 Å². The summed E-state index contributed by atoms with van der Waals surface area (Å²) in [4.78, 5) is 9.88. The lowest BCUT2D eigenvalue weighted by atomic mass is 10.3. The molecule has 0 aliphatic heterocycles. The predicted molar refractivity (Wildman–Crippen MR) is 25.4 cm³/mol. The summed E-state index contributed by atoms with van der Waals surface area (Å²) < 4.78 is 0. The van der Waals surface area contributed by atoms with Gasteiger partial charge in [0.05, 0.1) is 12.5 Å². The van der Waals surface area contributed by atoms with Crippen LogP contribution in [0.25, 0.3) is 0 Å². The molecule has 0 aliphatic carbocycles. The first-order valence-corrected chi connectivity index (χ1v) is 2.03. The van der Waals surface area contributed by atoms with Crippen molar-refractivity contribution >= 4 is 5.91 Å². The van der Waals surface area contributed by atoms with Crippen LogP contribution in [-0.2, 0) is 4.79 Å². The molecule has 4 nitrogen and oxygen atoms in total. The van der Waals surface area contributed by atoms with Crippen molar-refractivity contribution in [2.24, 2.45) is 5.73 Å². The van der Waals surface area contributed by atoms with Crippen LogP contribution in [0.1, 0.15) is 6.42 Å². The molecule has 3 N–H and O–H groups in total. The molecule has 0 aromatic heterocycles. The fourth-order valence-electron chi connectivity index (χ4n) is 0.236. The van der Waals surface area contributed by atoms with E-state index in [1.165, 1.54) is 6.07 Å². The van der Waals surface area contributed by atoms with E-state index in [0.29, 0.717) is 0 Å². The average Bonchev–Trinajstić information content (AvgIpc) is 1.65. The Morgan fingerprint density at radius 1 is 2.00 bits per heavy atom. The standard InChI is InChI=1S/C4H6N2O2/c5-2-3(7)1-4(6)8/h3,7H,1H2,(H2,6,8). The number of rotatable bonds is 2. The summed E-state index contributed by atoms with van der Waals surface area (Å²) in [5.41, 5.74) is 4.62. The van der Waals surface area contributed by atoms with Crippen LogP contribution in [0.5, 0.6) is 0 Å². The van der Waals surface area contributed by atoms with E-state index in [9.17, 15) is 4.79 Å². The third kappa shape index (κ3) is 3.12. The Bertz CT molecular complexity index is 126. The van der Waals surface area contributed by atoms with Gasteiger partial charge in [-0.25, -0.2) is 0 Å². The fourth-order valence-corrected chi connectivity index (χ4v) is 0.236. The summed E-state index contributed by atoms with van der Waals surface area (Å²) in [6, 6.07) is 1.45. The molecule has 0 heterocycles. The second-order valence-corrected chi connectivity index (χ2v) is 1.32. The van der Waals surface area contributed by atoms with Crippen molar-refractivity contribution in [3.63, 3.8) is 0 Å². The zero-order chi connectivity index (χ0) is 6.57. The maximum atomic E-state index is 9.88. The van der Waals surface area contributed by atoms with Gasteiger partial charge in [-0.05, 0) is 0 Å². The number of carbonyl (C=O) groups excluding carboxylic acids is 1. The summed E-state index contributed by atoms with van der Waals surface area (Å²) in [7, 11) is 0. The molecule has 0 spiro atoms. The Kier molecular flexibility index (Phi) is 2.59. The highest BCUT2D eigenvalue weighted by Gasteiger charge is 2.03. The van der Waals surface area contributed by atoms with Crippen LogP contribution in [0.4, 0.5) is 0 Å². The minimum atomic E-state index is -1.24. The first-order chi connectivity index (χ1) is 3.66. The summed E-state index contributed by atoms with van der Waals surface area (Å²) in [6.45, 7) is 0. The van der Waals surface area contributed by atoms with E-state index in [2.05, 4.69) is 5.73 Å². The van der Waals surface area contributed by atoms with Crippen LogP contribution in [0.2, 0.25) is 0 Å². The van der Waals surface area contributed by atoms with E-state index in [1.807, 2.05) is 0 Å². The lowest BCUT2D eigenvalue weighted by Gasteiger charge is -1.92. The number of aliphatic hydroxyl groups is 1. The molecule has 0 radical (unpaired) electrons. The number of hydrogen-bond acceptors (Lipinski definition) is 3. The Morgan fingerprint density at radius 3 is 2.62 bits per heavy atom. The highest BCUT2D eigenvalue weighted by molar-refractivity contribution is 5.74. The van der Waals surface area contributed by atoms with Crippen molar-refractivity contribution < 1.29 is 9.90 Å². The van der Waals surface area contributed by atoms with Crippen molar-refractivity contribution in [3.8, 4) is 6.07 Å². The lowest BCUT2D eigenvalue weighted by molar-refractivity contribution is -0.119. The van der Waals surface area contributed by atoms with Gasteiger partial charge in [0.15, 0.2) is 0 Å². The van der Waals surface area contributed by atoms with Gasteiger partial charge >= 0.3 is 0 Å². The number of amides is 1. The third-order valence-electron chi connectivity index (χ3n) is 0.544. The number of nitrogens with zero attached hydrogens (tertiary/aromatic N) is 1. The van der Waals surface area contributed by atoms with Crippen molar-refractivity contribution in [2.75, 3.05) is 0 Å². The maximum Gasteiger partial charge on any atom is 0.221 e. The van der Waals surface area contributed by atoms with Crippen molar-refractivity contribution in [2.45, 2.75) is 12.5 Å². The van der Waals surface area contributed by atoms with Crippen molar-refractivity contribution in [1.29, 1.82) is 5.26 Å². The van der Waals surface area contributed by atoms with Crippen LogP contribution < -0.4 is 5.73 Å². The molecular formula is C4H6N2O2. The van der Waals surface area contributed by atoms with E-state index in [0.717, 1.165) is 0 Å². The first kappa shape index (κ1) is 6.92. The van der Waals surface area contributed by atoms with Crippen molar-refractivity contribution in [1.82, 2.24) is 0 Å².